The van der Waals surface area contributed by atoms with E-state index >= 15 is 0 Å². The molecule has 154 valence electrons. The van der Waals surface area contributed by atoms with Crippen LogP contribution in [0.1, 0.15) is 42.6 Å². The van der Waals surface area contributed by atoms with Gasteiger partial charge in [-0.15, -0.1) is 0 Å². The number of nitrogens with one attached hydrogen (secondary N) is 1. The maximum absolute atomic E-state index is 12.3. The lowest BCUT2D eigenvalue weighted by Gasteiger charge is -2.25. The Morgan fingerprint density at radius 2 is 1.59 bits per heavy atom. The molecule has 2 aromatic rings. The van der Waals surface area contributed by atoms with Gasteiger partial charge in [0.2, 0.25) is 0 Å². The Morgan fingerprint density at radius 3 is 2.17 bits per heavy atom. The van der Waals surface area contributed by atoms with Crippen LogP contribution >= 0.6 is 0 Å². The molecule has 0 saturated carbocycles. The lowest BCUT2D eigenvalue weighted by molar-refractivity contribution is 0.0954. The van der Waals surface area contributed by atoms with Gasteiger partial charge in [-0.3, -0.25) is 4.79 Å². The van der Waals surface area contributed by atoms with Crippen molar-refractivity contribution < 1.29 is 14.3 Å². The average molecular weight is 396 g/mol. The van der Waals surface area contributed by atoms with E-state index in [1.807, 2.05) is 43.3 Å². The largest absolute Gasteiger partial charge is 0.494 e. The second-order valence-corrected chi connectivity index (χ2v) is 6.94. The molecule has 6 nitrogen and oxygen atoms in total. The summed E-state index contributed by atoms with van der Waals surface area (Å²) in [5.41, 5.74) is 5.32. The van der Waals surface area contributed by atoms with E-state index in [0.29, 0.717) is 18.8 Å². The van der Waals surface area contributed by atoms with E-state index < -0.39 is 0 Å². The van der Waals surface area contributed by atoms with Crippen molar-refractivity contribution in [3.63, 3.8) is 0 Å². The molecule has 1 amide bonds. The molecule has 0 atom stereocenters. The van der Waals surface area contributed by atoms with Crippen molar-refractivity contribution in [2.75, 3.05) is 26.2 Å². The monoisotopic (exact) mass is 395 g/mol. The first kappa shape index (κ1) is 20.9. The summed E-state index contributed by atoms with van der Waals surface area (Å²) in [6.07, 6.45) is 1.83. The van der Waals surface area contributed by atoms with Gasteiger partial charge in [0.15, 0.2) is 0 Å². The molecule has 1 aliphatic rings. The summed E-state index contributed by atoms with van der Waals surface area (Å²) in [6, 6.07) is 14.9. The lowest BCUT2D eigenvalue weighted by atomic mass is 10.1. The molecular weight excluding hydrogens is 366 g/mol. The van der Waals surface area contributed by atoms with Crippen LogP contribution in [-0.4, -0.2) is 42.8 Å². The van der Waals surface area contributed by atoms with Crippen molar-refractivity contribution in [1.29, 1.82) is 0 Å². The van der Waals surface area contributed by atoms with Gasteiger partial charge in [0, 0.05) is 37.2 Å². The predicted molar refractivity (Wildman–Crippen MR) is 115 cm³/mol. The van der Waals surface area contributed by atoms with Crippen LogP contribution in [0.15, 0.2) is 53.6 Å². The number of rotatable bonds is 8. The molecule has 0 aromatic heterocycles. The van der Waals surface area contributed by atoms with Crippen molar-refractivity contribution in [1.82, 2.24) is 10.3 Å². The normalized spacial score (nSPS) is 14.3. The first-order valence-electron chi connectivity index (χ1n) is 10.2. The van der Waals surface area contributed by atoms with Gasteiger partial charge in [0.25, 0.3) is 5.91 Å². The highest BCUT2D eigenvalue weighted by atomic mass is 16.5. The Kier molecular flexibility index (Phi) is 7.64. The zero-order valence-electron chi connectivity index (χ0n) is 17.2. The van der Waals surface area contributed by atoms with Crippen molar-refractivity contribution in [3.8, 4) is 11.5 Å². The van der Waals surface area contributed by atoms with Gasteiger partial charge >= 0.3 is 0 Å². The number of hydrazone groups is 1. The third kappa shape index (κ3) is 6.32. The fourth-order valence-electron chi connectivity index (χ4n) is 3.15. The number of benzene rings is 2. The summed E-state index contributed by atoms with van der Waals surface area (Å²) >= 11 is 0. The maximum atomic E-state index is 12.3. The molecule has 0 radical (unpaired) electrons. The topological polar surface area (TPSA) is 63.2 Å². The van der Waals surface area contributed by atoms with E-state index in [0.717, 1.165) is 55.3 Å². The molecule has 1 N–H and O–H groups in total. The number of nitrogens with zero attached hydrogens (tertiary/aromatic N) is 2. The summed E-state index contributed by atoms with van der Waals surface area (Å²) in [4.78, 5) is 14.7. The van der Waals surface area contributed by atoms with Crippen LogP contribution in [0.5, 0.6) is 11.5 Å². The van der Waals surface area contributed by atoms with Crippen molar-refractivity contribution in [3.05, 3.63) is 59.7 Å². The number of piperidine rings is 1. The van der Waals surface area contributed by atoms with Crippen molar-refractivity contribution >= 4 is 11.6 Å². The zero-order valence-corrected chi connectivity index (χ0v) is 17.2. The standard InChI is InChI=1S/C23H29N3O3/c1-3-26-15-13-20(14-16-26)24-25-23(27)19-7-5-18(6-8-19)17-29-22-11-9-21(10-12-22)28-4-2/h5-12H,3-4,13-17H2,1-2H3,(H,25,27). The smallest absolute Gasteiger partial charge is 0.271 e. The molecule has 0 aliphatic carbocycles. The Balaban J connectivity index is 1.47. The number of carbonyl (C=O) groups is 1. The van der Waals surface area contributed by atoms with E-state index in [1.165, 1.54) is 0 Å². The molecule has 6 heteroatoms. The van der Waals surface area contributed by atoms with Crippen LogP contribution in [0, 0.1) is 0 Å². The molecule has 1 heterocycles. The average Bonchev–Trinajstić information content (AvgIpc) is 2.78. The minimum absolute atomic E-state index is 0.186. The Hall–Kier alpha value is -2.86. The number of hydrogen-bond acceptors (Lipinski definition) is 5. The SMILES string of the molecule is CCOc1ccc(OCc2ccc(C(=O)NN=C3CCN(CC)CC3)cc2)cc1. The van der Waals surface area contributed by atoms with E-state index in [2.05, 4.69) is 22.4 Å². The third-order valence-electron chi connectivity index (χ3n) is 4.95. The van der Waals surface area contributed by atoms with Crippen LogP contribution in [0.2, 0.25) is 0 Å². The molecule has 1 aliphatic heterocycles. The van der Waals surface area contributed by atoms with Gasteiger partial charge in [-0.2, -0.15) is 5.10 Å². The molecular formula is C23H29N3O3. The quantitative estimate of drug-likeness (QED) is 0.690. The maximum Gasteiger partial charge on any atom is 0.271 e. The Morgan fingerprint density at radius 1 is 0.966 bits per heavy atom. The highest BCUT2D eigenvalue weighted by Crippen LogP contribution is 2.19. The van der Waals surface area contributed by atoms with Gasteiger partial charge in [-0.05, 0) is 55.4 Å². The van der Waals surface area contributed by atoms with E-state index in [1.54, 1.807) is 12.1 Å². The summed E-state index contributed by atoms with van der Waals surface area (Å²) < 4.78 is 11.2. The van der Waals surface area contributed by atoms with Gasteiger partial charge in [-0.1, -0.05) is 19.1 Å². The fourth-order valence-corrected chi connectivity index (χ4v) is 3.15. The number of ether oxygens (including phenoxy) is 2. The van der Waals surface area contributed by atoms with Gasteiger partial charge in [-0.25, -0.2) is 5.43 Å². The van der Waals surface area contributed by atoms with Crippen LogP contribution < -0.4 is 14.9 Å². The van der Waals surface area contributed by atoms with Crippen molar-refractivity contribution in [2.24, 2.45) is 5.10 Å². The summed E-state index contributed by atoms with van der Waals surface area (Å²) in [7, 11) is 0. The molecule has 29 heavy (non-hydrogen) atoms. The number of hydrogen-bond donors (Lipinski definition) is 1. The first-order chi connectivity index (χ1) is 14.2. The number of likely N-dealkylation sites (tertiary alicyclic amines) is 1. The minimum atomic E-state index is -0.186. The predicted octanol–water partition coefficient (Wildman–Crippen LogP) is 3.87. The minimum Gasteiger partial charge on any atom is -0.494 e. The van der Waals surface area contributed by atoms with E-state index in [9.17, 15) is 4.79 Å². The van der Waals surface area contributed by atoms with Crippen LogP contribution in [0.25, 0.3) is 0 Å². The fraction of sp³-hybridized carbons (Fsp3) is 0.391. The van der Waals surface area contributed by atoms with Gasteiger partial charge in [0.1, 0.15) is 18.1 Å². The highest BCUT2D eigenvalue weighted by Gasteiger charge is 2.14. The van der Waals surface area contributed by atoms with Crippen LogP contribution in [0.4, 0.5) is 0 Å². The third-order valence-corrected chi connectivity index (χ3v) is 4.95. The van der Waals surface area contributed by atoms with Crippen molar-refractivity contribution in [2.45, 2.75) is 33.3 Å². The summed E-state index contributed by atoms with van der Waals surface area (Å²) in [6.45, 7) is 8.28. The zero-order chi connectivity index (χ0) is 20.5. The van der Waals surface area contributed by atoms with Gasteiger partial charge in [0.05, 0.1) is 6.61 Å². The Bertz CT molecular complexity index is 806. The van der Waals surface area contributed by atoms with Crippen LogP contribution in [-0.2, 0) is 6.61 Å². The molecule has 0 bridgehead atoms. The number of carbonyl (C=O) groups excluding carboxylic acids is 1. The van der Waals surface area contributed by atoms with Crippen LogP contribution in [0.3, 0.4) is 0 Å². The molecule has 3 rings (SSSR count). The first-order valence-corrected chi connectivity index (χ1v) is 10.2. The molecule has 0 unspecified atom stereocenters. The number of amides is 1. The molecule has 0 spiro atoms. The molecule has 2 aromatic carbocycles. The Labute approximate surface area is 172 Å². The summed E-state index contributed by atoms with van der Waals surface area (Å²) in [5, 5.41) is 4.30. The highest BCUT2D eigenvalue weighted by molar-refractivity contribution is 5.95. The summed E-state index contributed by atoms with van der Waals surface area (Å²) in [5.74, 6) is 1.42. The van der Waals surface area contributed by atoms with E-state index in [-0.39, 0.29) is 5.91 Å². The lowest BCUT2D eigenvalue weighted by Crippen LogP contribution is -2.34. The molecule has 1 saturated heterocycles. The second-order valence-electron chi connectivity index (χ2n) is 6.94. The second kappa shape index (κ2) is 10.6. The molecule has 1 fully saturated rings. The van der Waals surface area contributed by atoms with Gasteiger partial charge < -0.3 is 14.4 Å². The van der Waals surface area contributed by atoms with E-state index in [4.69, 9.17) is 9.47 Å².